The highest BCUT2D eigenvalue weighted by Crippen LogP contribution is 2.17. The van der Waals surface area contributed by atoms with Gasteiger partial charge in [-0.25, -0.2) is 4.79 Å². The van der Waals surface area contributed by atoms with E-state index < -0.39 is 12.0 Å². The highest BCUT2D eigenvalue weighted by Gasteiger charge is 2.31. The summed E-state index contributed by atoms with van der Waals surface area (Å²) >= 11 is 0. The van der Waals surface area contributed by atoms with Crippen LogP contribution in [0.15, 0.2) is 0 Å². The predicted molar refractivity (Wildman–Crippen MR) is 73.3 cm³/mol. The van der Waals surface area contributed by atoms with E-state index in [-0.39, 0.29) is 24.4 Å². The monoisotopic (exact) mass is 285 g/mol. The molecule has 1 aliphatic heterocycles. The maximum Gasteiger partial charge on any atom is 0.318 e. The third-order valence-corrected chi connectivity index (χ3v) is 3.47. The lowest BCUT2D eigenvalue weighted by Gasteiger charge is -2.35. The van der Waals surface area contributed by atoms with E-state index in [1.807, 2.05) is 0 Å². The zero-order chi connectivity index (χ0) is 15.1. The summed E-state index contributed by atoms with van der Waals surface area (Å²) in [6, 6.07) is -0.956. The van der Waals surface area contributed by atoms with Crippen LogP contribution in [-0.4, -0.2) is 53.6 Å². The fourth-order valence-corrected chi connectivity index (χ4v) is 2.32. The number of hydrogen-bond acceptors (Lipinski definition) is 3. The van der Waals surface area contributed by atoms with Gasteiger partial charge in [0.25, 0.3) is 0 Å². The Bertz CT molecular complexity index is 373. The van der Waals surface area contributed by atoms with Crippen molar-refractivity contribution in [3.63, 3.8) is 0 Å². The van der Waals surface area contributed by atoms with Crippen LogP contribution in [0.25, 0.3) is 0 Å². The molecule has 2 atom stereocenters. The average Bonchev–Trinajstić information content (AvgIpc) is 2.44. The number of carboxylic acids is 1. The Hall–Kier alpha value is -1.79. The molecule has 1 saturated heterocycles. The number of likely N-dealkylation sites (N-methyl/N-ethyl adjacent to an activating group) is 1. The second-order valence-electron chi connectivity index (χ2n) is 5.10. The molecule has 0 saturated carbocycles. The fraction of sp³-hybridized carbons (Fsp3) is 0.769. The van der Waals surface area contributed by atoms with E-state index in [1.165, 1.54) is 0 Å². The molecule has 3 amide bonds. The largest absolute Gasteiger partial charge is 0.481 e. The number of aliphatic carboxylic acids is 1. The second-order valence-corrected chi connectivity index (χ2v) is 5.10. The third-order valence-electron chi connectivity index (χ3n) is 3.47. The van der Waals surface area contributed by atoms with E-state index in [0.29, 0.717) is 19.4 Å². The Morgan fingerprint density at radius 3 is 2.65 bits per heavy atom. The molecule has 3 N–H and O–H groups in total. The summed E-state index contributed by atoms with van der Waals surface area (Å²) in [6.45, 7) is 2.31. The van der Waals surface area contributed by atoms with Gasteiger partial charge in [-0.2, -0.15) is 0 Å². The summed E-state index contributed by atoms with van der Waals surface area (Å²) < 4.78 is 0. The number of likely N-dealkylation sites (tertiary alicyclic amines) is 1. The smallest absolute Gasteiger partial charge is 0.318 e. The topological polar surface area (TPSA) is 98.7 Å². The first-order chi connectivity index (χ1) is 9.45. The lowest BCUT2D eigenvalue weighted by molar-refractivity contribution is -0.137. The van der Waals surface area contributed by atoms with Gasteiger partial charge in [0.15, 0.2) is 0 Å². The lowest BCUT2D eigenvalue weighted by Crippen LogP contribution is -2.55. The summed E-state index contributed by atoms with van der Waals surface area (Å²) in [5.74, 6) is -1.04. The zero-order valence-electron chi connectivity index (χ0n) is 12.0. The Labute approximate surface area is 118 Å². The van der Waals surface area contributed by atoms with Crippen molar-refractivity contribution in [2.75, 3.05) is 13.6 Å². The summed E-state index contributed by atoms with van der Waals surface area (Å²) in [4.78, 5) is 36.0. The van der Waals surface area contributed by atoms with Crippen LogP contribution in [0.3, 0.4) is 0 Å². The van der Waals surface area contributed by atoms with Crippen molar-refractivity contribution in [3.05, 3.63) is 0 Å². The standard InChI is InChI=1S/C13H23N3O4/c1-9(6-7-11(17)18)15-13(20)16-8-4-3-5-10(16)12(19)14-2/h9-10H,3-8H2,1-2H3,(H,14,19)(H,15,20)(H,17,18). The van der Waals surface area contributed by atoms with Gasteiger partial charge in [0.1, 0.15) is 6.04 Å². The summed E-state index contributed by atoms with van der Waals surface area (Å²) in [6.07, 6.45) is 2.86. The van der Waals surface area contributed by atoms with E-state index in [0.717, 1.165) is 12.8 Å². The molecule has 0 aromatic rings. The Kier molecular flexibility index (Phi) is 6.27. The van der Waals surface area contributed by atoms with Crippen LogP contribution in [0.2, 0.25) is 0 Å². The van der Waals surface area contributed by atoms with E-state index in [9.17, 15) is 14.4 Å². The van der Waals surface area contributed by atoms with Gasteiger partial charge in [0.2, 0.25) is 5.91 Å². The minimum Gasteiger partial charge on any atom is -0.481 e. The number of nitrogens with zero attached hydrogens (tertiary/aromatic N) is 1. The first-order valence-corrected chi connectivity index (χ1v) is 6.96. The van der Waals surface area contributed by atoms with E-state index in [1.54, 1.807) is 18.9 Å². The molecule has 2 unspecified atom stereocenters. The second kappa shape index (κ2) is 7.72. The summed E-state index contributed by atoms with van der Waals surface area (Å²) in [5.41, 5.74) is 0. The van der Waals surface area contributed by atoms with Gasteiger partial charge in [-0.05, 0) is 32.6 Å². The molecule has 0 spiro atoms. The number of carbonyl (C=O) groups is 3. The minimum absolute atomic E-state index is 0.0142. The molecule has 1 fully saturated rings. The van der Waals surface area contributed by atoms with Gasteiger partial charge in [-0.1, -0.05) is 0 Å². The van der Waals surface area contributed by atoms with Crippen molar-refractivity contribution >= 4 is 17.9 Å². The van der Waals surface area contributed by atoms with E-state index >= 15 is 0 Å². The number of hydrogen-bond donors (Lipinski definition) is 3. The zero-order valence-corrected chi connectivity index (χ0v) is 12.0. The predicted octanol–water partition coefficient (Wildman–Crippen LogP) is 0.550. The molecule has 7 nitrogen and oxygen atoms in total. The lowest BCUT2D eigenvalue weighted by atomic mass is 10.0. The maximum absolute atomic E-state index is 12.2. The van der Waals surface area contributed by atoms with Gasteiger partial charge in [0, 0.05) is 26.1 Å². The van der Waals surface area contributed by atoms with Crippen LogP contribution < -0.4 is 10.6 Å². The van der Waals surface area contributed by atoms with Crippen LogP contribution in [0.1, 0.15) is 39.0 Å². The van der Waals surface area contributed by atoms with Crippen LogP contribution >= 0.6 is 0 Å². The van der Waals surface area contributed by atoms with Crippen LogP contribution in [0.5, 0.6) is 0 Å². The van der Waals surface area contributed by atoms with Gasteiger partial charge in [-0.3, -0.25) is 9.59 Å². The van der Waals surface area contributed by atoms with Gasteiger partial charge < -0.3 is 20.6 Å². The first-order valence-electron chi connectivity index (χ1n) is 6.96. The molecule has 0 aromatic carbocycles. The van der Waals surface area contributed by atoms with Crippen molar-refractivity contribution in [1.82, 2.24) is 15.5 Å². The molecule has 7 heteroatoms. The van der Waals surface area contributed by atoms with Crippen molar-refractivity contribution in [1.29, 1.82) is 0 Å². The number of nitrogens with one attached hydrogen (secondary N) is 2. The normalized spacial score (nSPS) is 20.1. The molecular weight excluding hydrogens is 262 g/mol. The van der Waals surface area contributed by atoms with Crippen LogP contribution in [0, 0.1) is 0 Å². The molecule has 114 valence electrons. The van der Waals surface area contributed by atoms with Gasteiger partial charge >= 0.3 is 12.0 Å². The van der Waals surface area contributed by atoms with Crippen LogP contribution in [-0.2, 0) is 9.59 Å². The van der Waals surface area contributed by atoms with E-state index in [2.05, 4.69) is 10.6 Å². The Balaban J connectivity index is 2.54. The van der Waals surface area contributed by atoms with Crippen molar-refractivity contribution < 1.29 is 19.5 Å². The number of rotatable bonds is 5. The van der Waals surface area contributed by atoms with Crippen LogP contribution in [0.4, 0.5) is 4.79 Å². The summed E-state index contributed by atoms with van der Waals surface area (Å²) in [5, 5.41) is 13.9. The molecule has 1 aliphatic rings. The summed E-state index contributed by atoms with van der Waals surface area (Å²) in [7, 11) is 1.56. The molecular formula is C13H23N3O4. The number of urea groups is 1. The maximum atomic E-state index is 12.2. The number of carboxylic acid groups (broad SMARTS) is 1. The fourth-order valence-electron chi connectivity index (χ4n) is 2.32. The molecule has 0 aliphatic carbocycles. The minimum atomic E-state index is -0.882. The Morgan fingerprint density at radius 1 is 1.35 bits per heavy atom. The average molecular weight is 285 g/mol. The van der Waals surface area contributed by atoms with E-state index in [4.69, 9.17) is 5.11 Å². The van der Waals surface area contributed by atoms with Gasteiger partial charge in [0.05, 0.1) is 0 Å². The molecule has 20 heavy (non-hydrogen) atoms. The highest BCUT2D eigenvalue weighted by molar-refractivity contribution is 5.87. The molecule has 0 aromatic heterocycles. The number of amides is 3. The Morgan fingerprint density at radius 2 is 2.05 bits per heavy atom. The molecule has 0 radical (unpaired) electrons. The van der Waals surface area contributed by atoms with Crippen molar-refractivity contribution in [3.8, 4) is 0 Å². The number of carbonyl (C=O) groups excluding carboxylic acids is 2. The molecule has 1 rings (SSSR count). The highest BCUT2D eigenvalue weighted by atomic mass is 16.4. The van der Waals surface area contributed by atoms with Crippen molar-refractivity contribution in [2.24, 2.45) is 0 Å². The number of piperidine rings is 1. The quantitative estimate of drug-likeness (QED) is 0.687. The third kappa shape index (κ3) is 4.71. The van der Waals surface area contributed by atoms with Gasteiger partial charge in [-0.15, -0.1) is 0 Å². The SMILES string of the molecule is CNC(=O)C1CCCCN1C(=O)NC(C)CCC(=O)O. The molecule has 0 bridgehead atoms. The van der Waals surface area contributed by atoms with Crippen molar-refractivity contribution in [2.45, 2.75) is 51.1 Å². The first kappa shape index (κ1) is 16.3. The molecule has 1 heterocycles.